The fourth-order valence-corrected chi connectivity index (χ4v) is 4.07. The number of ether oxygens (including phenoxy) is 1. The van der Waals surface area contributed by atoms with Crippen molar-refractivity contribution in [2.24, 2.45) is 0 Å². The minimum absolute atomic E-state index is 0.00919. The van der Waals surface area contributed by atoms with Crippen molar-refractivity contribution in [3.63, 3.8) is 0 Å². The van der Waals surface area contributed by atoms with Crippen molar-refractivity contribution in [1.29, 1.82) is 0 Å². The molecule has 2 aromatic carbocycles. The first-order valence-electron chi connectivity index (χ1n) is 8.70. The number of halogens is 3. The molecule has 0 spiro atoms. The topological polar surface area (TPSA) is 58.6 Å². The summed E-state index contributed by atoms with van der Waals surface area (Å²) < 4.78 is 73.0. The molecule has 0 bridgehead atoms. The summed E-state index contributed by atoms with van der Waals surface area (Å²) in [6.07, 6.45) is -4.38. The third-order valence-electron chi connectivity index (χ3n) is 4.51. The van der Waals surface area contributed by atoms with Gasteiger partial charge in [0, 0.05) is 19.2 Å². The molecule has 0 aromatic heterocycles. The number of likely N-dealkylation sites (N-methyl/N-ethyl adjacent to an activating group) is 1. The van der Waals surface area contributed by atoms with Crippen LogP contribution in [0.25, 0.3) is 0 Å². The molecule has 0 amide bonds. The highest BCUT2D eigenvalue weighted by atomic mass is 32.2. The summed E-state index contributed by atoms with van der Waals surface area (Å²) in [5, 5.41) is 0. The molecule has 1 N–H and O–H groups in total. The maximum absolute atomic E-state index is 13.3. The van der Waals surface area contributed by atoms with Gasteiger partial charge in [0.2, 0.25) is 0 Å². The third kappa shape index (κ3) is 4.77. The molecule has 0 saturated carbocycles. The SMILES string of the molecule is Cc1ccc(S(=O)(=O)Nc2ccc(C(F)(F)F)c(O[C@@H]3CCN(C)C3)c2)cc1. The summed E-state index contributed by atoms with van der Waals surface area (Å²) in [5.74, 6) is -0.378. The first-order chi connectivity index (χ1) is 13.0. The fraction of sp³-hybridized carbons (Fsp3) is 0.368. The number of sulfonamides is 1. The van der Waals surface area contributed by atoms with Gasteiger partial charge in [-0.05, 0) is 44.7 Å². The van der Waals surface area contributed by atoms with E-state index in [1.54, 1.807) is 12.1 Å². The summed E-state index contributed by atoms with van der Waals surface area (Å²) in [6.45, 7) is 3.06. The summed E-state index contributed by atoms with van der Waals surface area (Å²) in [6, 6.07) is 9.18. The van der Waals surface area contributed by atoms with E-state index in [1.165, 1.54) is 12.1 Å². The van der Waals surface area contributed by atoms with E-state index in [0.717, 1.165) is 30.3 Å². The number of nitrogens with one attached hydrogen (secondary N) is 1. The first-order valence-corrected chi connectivity index (χ1v) is 10.2. The van der Waals surface area contributed by atoms with Gasteiger partial charge in [0.05, 0.1) is 16.1 Å². The standard InChI is InChI=1S/C19H21F3N2O3S/c1-13-3-6-16(7-4-13)28(25,26)23-14-5-8-17(19(20,21)22)18(11-14)27-15-9-10-24(2)12-15/h3-8,11,15,23H,9-10,12H2,1-2H3/t15-/m1/s1. The van der Waals surface area contributed by atoms with Gasteiger partial charge >= 0.3 is 6.18 Å². The Labute approximate surface area is 162 Å². The van der Waals surface area contributed by atoms with E-state index in [9.17, 15) is 21.6 Å². The highest BCUT2D eigenvalue weighted by molar-refractivity contribution is 7.92. The maximum Gasteiger partial charge on any atom is 0.419 e. The van der Waals surface area contributed by atoms with Crippen molar-refractivity contribution >= 4 is 15.7 Å². The Kier molecular flexibility index (Phi) is 5.58. The number of anilines is 1. The molecular formula is C19H21F3N2O3S. The van der Waals surface area contributed by atoms with Crippen LogP contribution < -0.4 is 9.46 Å². The van der Waals surface area contributed by atoms with Gasteiger partial charge in [0.15, 0.2) is 0 Å². The average Bonchev–Trinajstić information content (AvgIpc) is 2.99. The lowest BCUT2D eigenvalue weighted by atomic mass is 10.1. The average molecular weight is 414 g/mol. The van der Waals surface area contributed by atoms with Crippen LogP contribution in [-0.2, 0) is 16.2 Å². The Bertz CT molecular complexity index is 944. The van der Waals surface area contributed by atoms with Gasteiger partial charge < -0.3 is 9.64 Å². The molecule has 1 aliphatic rings. The summed E-state index contributed by atoms with van der Waals surface area (Å²) in [7, 11) is -2.06. The van der Waals surface area contributed by atoms with Crippen LogP contribution in [0.5, 0.6) is 5.75 Å². The highest BCUT2D eigenvalue weighted by Gasteiger charge is 2.36. The normalized spacial score (nSPS) is 18.2. The van der Waals surface area contributed by atoms with E-state index in [4.69, 9.17) is 4.74 Å². The molecule has 1 fully saturated rings. The van der Waals surface area contributed by atoms with E-state index < -0.39 is 21.8 Å². The van der Waals surface area contributed by atoms with Gasteiger partial charge in [0.25, 0.3) is 10.0 Å². The minimum atomic E-state index is -4.60. The van der Waals surface area contributed by atoms with E-state index in [1.807, 2.05) is 18.9 Å². The van der Waals surface area contributed by atoms with Crippen LogP contribution in [0.1, 0.15) is 17.5 Å². The zero-order valence-corrected chi connectivity index (χ0v) is 16.3. The number of aryl methyl sites for hydroxylation is 1. The lowest BCUT2D eigenvalue weighted by molar-refractivity contribution is -0.139. The molecule has 1 aliphatic heterocycles. The van der Waals surface area contributed by atoms with Gasteiger partial charge in [-0.2, -0.15) is 13.2 Å². The van der Waals surface area contributed by atoms with E-state index in [-0.39, 0.29) is 22.4 Å². The van der Waals surface area contributed by atoms with Gasteiger partial charge in [-0.3, -0.25) is 4.72 Å². The quantitative estimate of drug-likeness (QED) is 0.806. The fourth-order valence-electron chi connectivity index (χ4n) is 3.02. The van der Waals surface area contributed by atoms with Crippen LogP contribution in [0.2, 0.25) is 0 Å². The Morgan fingerprint density at radius 2 is 1.82 bits per heavy atom. The van der Waals surface area contributed by atoms with Crippen LogP contribution in [0.3, 0.4) is 0 Å². The molecule has 28 heavy (non-hydrogen) atoms. The summed E-state index contributed by atoms with van der Waals surface area (Å²) in [5.41, 5.74) is -0.0269. The molecule has 9 heteroatoms. The molecule has 2 aromatic rings. The van der Waals surface area contributed by atoms with Crippen molar-refractivity contribution in [1.82, 2.24) is 4.90 Å². The molecule has 0 unspecified atom stereocenters. The largest absolute Gasteiger partial charge is 0.488 e. The maximum atomic E-state index is 13.3. The van der Waals surface area contributed by atoms with Crippen LogP contribution >= 0.6 is 0 Å². The molecule has 152 valence electrons. The van der Waals surface area contributed by atoms with Crippen LogP contribution in [0.15, 0.2) is 47.4 Å². The van der Waals surface area contributed by atoms with Gasteiger partial charge in [-0.25, -0.2) is 8.42 Å². The second-order valence-electron chi connectivity index (χ2n) is 6.92. The first kappa shape index (κ1) is 20.5. The van der Waals surface area contributed by atoms with Crippen molar-refractivity contribution in [3.8, 4) is 5.75 Å². The van der Waals surface area contributed by atoms with Crippen LogP contribution in [0, 0.1) is 6.92 Å². The highest BCUT2D eigenvalue weighted by Crippen LogP contribution is 2.39. The predicted octanol–water partition coefficient (Wildman–Crippen LogP) is 3.90. The molecular weight excluding hydrogens is 393 g/mol. The minimum Gasteiger partial charge on any atom is -0.488 e. The number of hydrogen-bond donors (Lipinski definition) is 1. The van der Waals surface area contributed by atoms with Crippen molar-refractivity contribution < 1.29 is 26.3 Å². The molecule has 1 atom stereocenters. The number of nitrogens with zero attached hydrogens (tertiary/aromatic N) is 1. The zero-order chi connectivity index (χ0) is 20.5. The second-order valence-corrected chi connectivity index (χ2v) is 8.60. The van der Waals surface area contributed by atoms with Gasteiger partial charge in [0.1, 0.15) is 11.9 Å². The number of benzene rings is 2. The molecule has 1 saturated heterocycles. The molecule has 0 radical (unpaired) electrons. The van der Waals surface area contributed by atoms with Gasteiger partial charge in [-0.15, -0.1) is 0 Å². The number of rotatable bonds is 5. The number of likely N-dealkylation sites (tertiary alicyclic amines) is 1. The monoisotopic (exact) mass is 414 g/mol. The third-order valence-corrected chi connectivity index (χ3v) is 5.91. The smallest absolute Gasteiger partial charge is 0.419 e. The zero-order valence-electron chi connectivity index (χ0n) is 15.5. The van der Waals surface area contributed by atoms with E-state index >= 15 is 0 Å². The number of alkyl halides is 3. The predicted molar refractivity (Wildman–Crippen MR) is 100.0 cm³/mol. The van der Waals surface area contributed by atoms with Crippen molar-refractivity contribution in [2.75, 3.05) is 24.9 Å². The molecule has 1 heterocycles. The summed E-state index contributed by atoms with van der Waals surface area (Å²) in [4.78, 5) is 1.99. The second kappa shape index (κ2) is 7.63. The molecule has 5 nitrogen and oxygen atoms in total. The van der Waals surface area contributed by atoms with Crippen molar-refractivity contribution in [2.45, 2.75) is 30.5 Å². The molecule has 3 rings (SSSR count). The Morgan fingerprint density at radius 1 is 1.14 bits per heavy atom. The Hall–Kier alpha value is -2.26. The van der Waals surface area contributed by atoms with Crippen LogP contribution in [-0.4, -0.2) is 39.6 Å². The summed E-state index contributed by atoms with van der Waals surface area (Å²) >= 11 is 0. The lowest BCUT2D eigenvalue weighted by Gasteiger charge is -2.19. The van der Waals surface area contributed by atoms with Crippen molar-refractivity contribution in [3.05, 3.63) is 53.6 Å². The number of hydrogen-bond acceptors (Lipinski definition) is 4. The van der Waals surface area contributed by atoms with E-state index in [2.05, 4.69) is 4.72 Å². The molecule has 0 aliphatic carbocycles. The lowest BCUT2D eigenvalue weighted by Crippen LogP contribution is -2.23. The van der Waals surface area contributed by atoms with E-state index in [0.29, 0.717) is 13.0 Å². The van der Waals surface area contributed by atoms with Crippen LogP contribution in [0.4, 0.5) is 18.9 Å². The Morgan fingerprint density at radius 3 is 2.39 bits per heavy atom. The Balaban J connectivity index is 1.89. The van der Waals surface area contributed by atoms with Gasteiger partial charge in [-0.1, -0.05) is 17.7 Å².